The molecule has 0 fully saturated rings. The summed E-state index contributed by atoms with van der Waals surface area (Å²) in [6.45, 7) is 4.58. The van der Waals surface area contributed by atoms with Crippen molar-refractivity contribution in [1.82, 2.24) is 0 Å². The molecular formula is C44H87O2-. The minimum atomic E-state index is -0.802. The van der Waals surface area contributed by atoms with Crippen LogP contribution in [0.4, 0.5) is 0 Å². The Morgan fingerprint density at radius 1 is 0.304 bits per heavy atom. The van der Waals surface area contributed by atoms with Gasteiger partial charge in [-0.05, 0) is 18.8 Å². The zero-order chi connectivity index (χ0) is 33.4. The van der Waals surface area contributed by atoms with Crippen LogP contribution in [0.2, 0.25) is 0 Å². The van der Waals surface area contributed by atoms with Gasteiger partial charge in [-0.15, -0.1) is 0 Å². The average molecular weight is 648 g/mol. The van der Waals surface area contributed by atoms with E-state index in [1.807, 2.05) is 0 Å². The average Bonchev–Trinajstić information content (AvgIpc) is 3.05. The summed E-state index contributed by atoms with van der Waals surface area (Å²) < 4.78 is 0. The maximum Gasteiger partial charge on any atom is 0.0445 e. The molecule has 0 aromatic rings. The summed E-state index contributed by atoms with van der Waals surface area (Å²) in [5, 5.41) is 11.6. The summed E-state index contributed by atoms with van der Waals surface area (Å²) >= 11 is 0. The number of rotatable bonds is 41. The van der Waals surface area contributed by atoms with E-state index in [0.717, 1.165) is 25.7 Å². The Kier molecular flexibility index (Phi) is 40.2. The van der Waals surface area contributed by atoms with Crippen LogP contribution in [0.25, 0.3) is 0 Å². The van der Waals surface area contributed by atoms with Crippen molar-refractivity contribution in [2.75, 3.05) is 0 Å². The third-order valence-electron chi connectivity index (χ3n) is 10.6. The SMILES string of the molecule is CCCCCCCCCCCCCCCCCCCCCCCCCCC(CCCCCCCCCCCCCCCC)C(=O)[O-]. The van der Waals surface area contributed by atoms with Gasteiger partial charge in [0.05, 0.1) is 0 Å². The van der Waals surface area contributed by atoms with E-state index in [-0.39, 0.29) is 5.92 Å². The zero-order valence-electron chi connectivity index (χ0n) is 32.2. The lowest BCUT2D eigenvalue weighted by Gasteiger charge is -2.17. The van der Waals surface area contributed by atoms with Gasteiger partial charge in [-0.2, -0.15) is 0 Å². The van der Waals surface area contributed by atoms with Crippen molar-refractivity contribution < 1.29 is 9.90 Å². The van der Waals surface area contributed by atoms with Crippen molar-refractivity contribution >= 4 is 5.97 Å². The highest BCUT2D eigenvalue weighted by atomic mass is 16.4. The Labute approximate surface area is 291 Å². The van der Waals surface area contributed by atoms with Gasteiger partial charge >= 0.3 is 0 Å². The molecule has 0 aromatic carbocycles. The van der Waals surface area contributed by atoms with Gasteiger partial charge in [-0.1, -0.05) is 258 Å². The van der Waals surface area contributed by atoms with Crippen LogP contribution in [-0.4, -0.2) is 5.97 Å². The molecule has 0 saturated heterocycles. The molecule has 0 spiro atoms. The predicted octanol–water partition coefficient (Wildman–Crippen LogP) is 15.0. The second kappa shape index (κ2) is 40.6. The molecule has 0 radical (unpaired) electrons. The number of hydrogen-bond acceptors (Lipinski definition) is 2. The number of carboxylic acid groups (broad SMARTS) is 1. The summed E-state index contributed by atoms with van der Waals surface area (Å²) in [5.74, 6) is -1.01. The molecule has 0 saturated carbocycles. The summed E-state index contributed by atoms with van der Waals surface area (Å²) in [6.07, 6.45) is 54.2. The molecule has 0 aromatic heterocycles. The number of carbonyl (C=O) groups excluding carboxylic acids is 1. The van der Waals surface area contributed by atoms with E-state index in [1.54, 1.807) is 0 Å². The van der Waals surface area contributed by atoms with Crippen LogP contribution in [0.5, 0.6) is 0 Å². The largest absolute Gasteiger partial charge is 0.550 e. The Balaban J connectivity index is 3.32. The van der Waals surface area contributed by atoms with Crippen LogP contribution in [0.3, 0.4) is 0 Å². The monoisotopic (exact) mass is 648 g/mol. The summed E-state index contributed by atoms with van der Waals surface area (Å²) in [4.78, 5) is 11.6. The van der Waals surface area contributed by atoms with E-state index < -0.39 is 5.97 Å². The van der Waals surface area contributed by atoms with Crippen LogP contribution in [0, 0.1) is 5.92 Å². The topological polar surface area (TPSA) is 40.1 Å². The zero-order valence-corrected chi connectivity index (χ0v) is 32.2. The Morgan fingerprint density at radius 2 is 0.457 bits per heavy atom. The van der Waals surface area contributed by atoms with Gasteiger partial charge < -0.3 is 9.90 Å². The molecule has 1 atom stereocenters. The second-order valence-electron chi connectivity index (χ2n) is 15.3. The fourth-order valence-electron chi connectivity index (χ4n) is 7.32. The molecule has 0 aliphatic carbocycles. The number of aliphatic carboxylic acids is 1. The first-order valence-electron chi connectivity index (χ1n) is 21.9. The first-order valence-corrected chi connectivity index (χ1v) is 21.9. The maximum absolute atomic E-state index is 11.6. The van der Waals surface area contributed by atoms with E-state index in [9.17, 15) is 9.90 Å². The molecule has 0 aliphatic rings. The summed E-state index contributed by atoms with van der Waals surface area (Å²) in [7, 11) is 0. The molecule has 1 unspecified atom stereocenters. The first-order chi connectivity index (χ1) is 22.7. The fraction of sp³-hybridized carbons (Fsp3) is 0.977. The van der Waals surface area contributed by atoms with E-state index >= 15 is 0 Å². The lowest BCUT2D eigenvalue weighted by Crippen LogP contribution is -2.31. The molecule has 0 N–H and O–H groups in total. The van der Waals surface area contributed by atoms with E-state index in [4.69, 9.17) is 0 Å². The highest BCUT2D eigenvalue weighted by Gasteiger charge is 2.09. The normalized spacial score (nSPS) is 12.2. The van der Waals surface area contributed by atoms with Gasteiger partial charge in [0, 0.05) is 5.97 Å². The van der Waals surface area contributed by atoms with E-state index in [0.29, 0.717) is 0 Å². The van der Waals surface area contributed by atoms with Crippen molar-refractivity contribution in [1.29, 1.82) is 0 Å². The molecule has 0 aliphatic heterocycles. The third kappa shape index (κ3) is 37.9. The van der Waals surface area contributed by atoms with E-state index in [1.165, 1.54) is 231 Å². The molecule has 0 bridgehead atoms. The minimum Gasteiger partial charge on any atom is -0.550 e. The van der Waals surface area contributed by atoms with Crippen LogP contribution >= 0.6 is 0 Å². The van der Waals surface area contributed by atoms with Crippen molar-refractivity contribution in [2.45, 2.75) is 271 Å². The minimum absolute atomic E-state index is 0.211. The molecule has 2 heteroatoms. The summed E-state index contributed by atoms with van der Waals surface area (Å²) in [6, 6.07) is 0. The maximum atomic E-state index is 11.6. The van der Waals surface area contributed by atoms with Gasteiger partial charge in [0.1, 0.15) is 0 Å². The molecule has 276 valence electrons. The lowest BCUT2D eigenvalue weighted by molar-refractivity contribution is -0.312. The summed E-state index contributed by atoms with van der Waals surface area (Å²) in [5.41, 5.74) is 0. The third-order valence-corrected chi connectivity index (χ3v) is 10.6. The number of carbonyl (C=O) groups is 1. The smallest absolute Gasteiger partial charge is 0.0445 e. The number of hydrogen-bond donors (Lipinski definition) is 0. The molecule has 0 heterocycles. The number of carboxylic acids is 1. The predicted molar refractivity (Wildman–Crippen MR) is 205 cm³/mol. The van der Waals surface area contributed by atoms with Crippen LogP contribution < -0.4 is 5.11 Å². The van der Waals surface area contributed by atoms with Crippen molar-refractivity contribution in [2.24, 2.45) is 5.92 Å². The second-order valence-corrected chi connectivity index (χ2v) is 15.3. The molecule has 46 heavy (non-hydrogen) atoms. The van der Waals surface area contributed by atoms with E-state index in [2.05, 4.69) is 13.8 Å². The van der Waals surface area contributed by atoms with Crippen LogP contribution in [0.15, 0.2) is 0 Å². The van der Waals surface area contributed by atoms with Crippen LogP contribution in [0.1, 0.15) is 271 Å². The molecule has 0 rings (SSSR count). The standard InChI is InChI=1S/C44H88O2/c1-3-5-7-9-11-13-15-17-19-20-21-22-23-24-25-26-27-28-30-32-34-36-38-40-42-43(44(45)46)41-39-37-35-33-31-29-18-16-14-12-10-8-6-4-2/h43H,3-42H2,1-2H3,(H,45,46)/p-1. The Morgan fingerprint density at radius 3 is 0.609 bits per heavy atom. The van der Waals surface area contributed by atoms with Gasteiger partial charge in [-0.25, -0.2) is 0 Å². The first kappa shape index (κ1) is 45.5. The Bertz CT molecular complexity index is 558. The Hall–Kier alpha value is -0.530. The van der Waals surface area contributed by atoms with Crippen molar-refractivity contribution in [3.8, 4) is 0 Å². The van der Waals surface area contributed by atoms with Gasteiger partial charge in [-0.3, -0.25) is 0 Å². The molecular weight excluding hydrogens is 560 g/mol. The van der Waals surface area contributed by atoms with Crippen molar-refractivity contribution in [3.05, 3.63) is 0 Å². The molecule has 2 nitrogen and oxygen atoms in total. The quantitative estimate of drug-likeness (QED) is 0.0619. The highest BCUT2D eigenvalue weighted by Crippen LogP contribution is 2.20. The number of unbranched alkanes of at least 4 members (excludes halogenated alkanes) is 36. The fourth-order valence-corrected chi connectivity index (χ4v) is 7.32. The van der Waals surface area contributed by atoms with Gasteiger partial charge in [0.15, 0.2) is 0 Å². The molecule has 0 amide bonds. The van der Waals surface area contributed by atoms with Gasteiger partial charge in [0.2, 0.25) is 0 Å². The highest BCUT2D eigenvalue weighted by molar-refractivity contribution is 5.67. The van der Waals surface area contributed by atoms with Crippen molar-refractivity contribution in [3.63, 3.8) is 0 Å². The van der Waals surface area contributed by atoms with Gasteiger partial charge in [0.25, 0.3) is 0 Å². The lowest BCUT2D eigenvalue weighted by atomic mass is 9.94. The van der Waals surface area contributed by atoms with Crippen LogP contribution in [-0.2, 0) is 4.79 Å².